The normalized spacial score (nSPS) is 18.7. The molecule has 1 fully saturated rings. The minimum absolute atomic E-state index is 0.0351. The molecule has 4 heteroatoms. The summed E-state index contributed by atoms with van der Waals surface area (Å²) in [4.78, 5) is 27.4. The molecule has 1 aliphatic rings. The number of carbonyl (C=O) groups is 2. The van der Waals surface area contributed by atoms with E-state index in [-0.39, 0.29) is 29.1 Å². The molecule has 0 aromatic heterocycles. The smallest absolute Gasteiger partial charge is 0.230 e. The Bertz CT molecular complexity index is 824. The van der Waals surface area contributed by atoms with Gasteiger partial charge in [0.25, 0.3) is 0 Å². The van der Waals surface area contributed by atoms with Crippen LogP contribution < -0.4 is 10.2 Å². The van der Waals surface area contributed by atoms with Gasteiger partial charge in [0.05, 0.1) is 11.8 Å². The first-order chi connectivity index (χ1) is 12.8. The van der Waals surface area contributed by atoms with Gasteiger partial charge in [-0.05, 0) is 42.5 Å². The first-order valence-electron chi connectivity index (χ1n) is 9.59. The summed E-state index contributed by atoms with van der Waals surface area (Å²) < 4.78 is 0. The number of nitrogens with zero attached hydrogens (tertiary/aromatic N) is 1. The number of hydrogen-bond donors (Lipinski definition) is 1. The Hall–Kier alpha value is -2.62. The van der Waals surface area contributed by atoms with E-state index in [1.54, 1.807) is 4.90 Å². The Morgan fingerprint density at radius 2 is 1.63 bits per heavy atom. The summed E-state index contributed by atoms with van der Waals surface area (Å²) >= 11 is 0. The lowest BCUT2D eigenvalue weighted by molar-refractivity contribution is -0.123. The second-order valence-electron chi connectivity index (χ2n) is 8.15. The molecule has 0 aliphatic heterocycles. The maximum absolute atomic E-state index is 12.9. The minimum atomic E-state index is -0.247. The summed E-state index contributed by atoms with van der Waals surface area (Å²) in [5.74, 6) is -0.502. The van der Waals surface area contributed by atoms with Crippen LogP contribution in [-0.2, 0) is 15.0 Å². The standard InChI is InChI=1S/C23H28N2O2/c1-5-25(16-11-7-6-8-12-16)22(27)18-15-17(18)21(26)24-20-14-10-9-13-19(20)23(2,3)4/h6-14,17-18H,5,15H2,1-4H3,(H,24,26). The molecule has 1 aliphatic carbocycles. The molecule has 0 radical (unpaired) electrons. The van der Waals surface area contributed by atoms with Crippen LogP contribution in [-0.4, -0.2) is 18.4 Å². The number of carbonyl (C=O) groups excluding carboxylic acids is 2. The highest BCUT2D eigenvalue weighted by Gasteiger charge is 2.49. The van der Waals surface area contributed by atoms with Gasteiger partial charge in [-0.15, -0.1) is 0 Å². The van der Waals surface area contributed by atoms with E-state index < -0.39 is 0 Å². The third-order valence-electron chi connectivity index (χ3n) is 5.09. The molecule has 2 atom stereocenters. The lowest BCUT2D eigenvalue weighted by atomic mass is 9.86. The van der Waals surface area contributed by atoms with Crippen molar-refractivity contribution in [1.82, 2.24) is 0 Å². The Balaban J connectivity index is 1.68. The van der Waals surface area contributed by atoms with E-state index in [0.717, 1.165) is 16.9 Å². The van der Waals surface area contributed by atoms with Gasteiger partial charge in [0.1, 0.15) is 0 Å². The van der Waals surface area contributed by atoms with E-state index in [1.165, 1.54) is 0 Å². The average Bonchev–Trinajstić information content (AvgIpc) is 3.44. The summed E-state index contributed by atoms with van der Waals surface area (Å²) in [5, 5.41) is 3.05. The van der Waals surface area contributed by atoms with Gasteiger partial charge < -0.3 is 10.2 Å². The largest absolute Gasteiger partial charge is 0.326 e. The van der Waals surface area contributed by atoms with Crippen LogP contribution in [0.1, 0.15) is 39.7 Å². The first-order valence-corrected chi connectivity index (χ1v) is 9.59. The van der Waals surface area contributed by atoms with Crippen molar-refractivity contribution in [3.63, 3.8) is 0 Å². The topological polar surface area (TPSA) is 49.4 Å². The fourth-order valence-electron chi connectivity index (χ4n) is 3.50. The highest BCUT2D eigenvalue weighted by Crippen LogP contribution is 2.42. The minimum Gasteiger partial charge on any atom is -0.326 e. The van der Waals surface area contributed by atoms with E-state index in [1.807, 2.05) is 61.5 Å². The molecular formula is C23H28N2O2. The molecule has 2 aromatic rings. The summed E-state index contributed by atoms with van der Waals surface area (Å²) in [6, 6.07) is 17.5. The monoisotopic (exact) mass is 364 g/mol. The number of amides is 2. The van der Waals surface area contributed by atoms with Crippen LogP contribution in [0, 0.1) is 11.8 Å². The number of para-hydroxylation sites is 2. The average molecular weight is 364 g/mol. The summed E-state index contributed by atoms with van der Waals surface area (Å²) in [6.07, 6.45) is 0.617. The van der Waals surface area contributed by atoms with Gasteiger partial charge in [0.2, 0.25) is 11.8 Å². The number of anilines is 2. The van der Waals surface area contributed by atoms with Crippen molar-refractivity contribution in [1.29, 1.82) is 0 Å². The van der Waals surface area contributed by atoms with E-state index in [9.17, 15) is 9.59 Å². The van der Waals surface area contributed by atoms with Gasteiger partial charge in [0.15, 0.2) is 0 Å². The van der Waals surface area contributed by atoms with Crippen molar-refractivity contribution < 1.29 is 9.59 Å². The maximum atomic E-state index is 12.9. The van der Waals surface area contributed by atoms with Gasteiger partial charge in [-0.3, -0.25) is 9.59 Å². The second-order valence-corrected chi connectivity index (χ2v) is 8.15. The van der Waals surface area contributed by atoms with Gasteiger partial charge >= 0.3 is 0 Å². The maximum Gasteiger partial charge on any atom is 0.230 e. The SMILES string of the molecule is CCN(C(=O)C1CC1C(=O)Nc1ccccc1C(C)(C)C)c1ccccc1. The molecule has 2 unspecified atom stereocenters. The molecule has 27 heavy (non-hydrogen) atoms. The van der Waals surface area contributed by atoms with Crippen LogP contribution >= 0.6 is 0 Å². The van der Waals surface area contributed by atoms with Gasteiger partial charge in [-0.2, -0.15) is 0 Å². The van der Waals surface area contributed by atoms with Crippen LogP contribution in [0.25, 0.3) is 0 Å². The Labute approximate surface area is 161 Å². The highest BCUT2D eigenvalue weighted by molar-refractivity contribution is 6.04. The van der Waals surface area contributed by atoms with Gasteiger partial charge in [0, 0.05) is 17.9 Å². The molecule has 3 rings (SSSR count). The molecule has 0 bridgehead atoms. The fourth-order valence-corrected chi connectivity index (χ4v) is 3.50. The number of nitrogens with one attached hydrogen (secondary N) is 1. The number of hydrogen-bond acceptors (Lipinski definition) is 2. The molecule has 2 aromatic carbocycles. The van der Waals surface area contributed by atoms with E-state index >= 15 is 0 Å². The highest BCUT2D eigenvalue weighted by atomic mass is 16.2. The number of rotatable bonds is 5. The summed E-state index contributed by atoms with van der Waals surface area (Å²) in [7, 11) is 0. The van der Waals surface area contributed by atoms with E-state index in [2.05, 4.69) is 26.1 Å². The predicted octanol–water partition coefficient (Wildman–Crippen LogP) is 4.61. The van der Waals surface area contributed by atoms with Gasteiger partial charge in [-0.25, -0.2) is 0 Å². The Morgan fingerprint density at radius 1 is 1.00 bits per heavy atom. The molecule has 0 saturated heterocycles. The third kappa shape index (κ3) is 4.21. The van der Waals surface area contributed by atoms with Crippen LogP contribution in [0.2, 0.25) is 0 Å². The van der Waals surface area contributed by atoms with Crippen LogP contribution in [0.5, 0.6) is 0 Å². The molecule has 4 nitrogen and oxygen atoms in total. The molecule has 1 saturated carbocycles. The summed E-state index contributed by atoms with van der Waals surface area (Å²) in [6.45, 7) is 8.93. The Morgan fingerprint density at radius 3 is 2.26 bits per heavy atom. The predicted molar refractivity (Wildman–Crippen MR) is 110 cm³/mol. The summed E-state index contributed by atoms with van der Waals surface area (Å²) in [5.41, 5.74) is 2.76. The molecule has 0 spiro atoms. The van der Waals surface area contributed by atoms with Crippen LogP contribution in [0.3, 0.4) is 0 Å². The van der Waals surface area contributed by atoms with Crippen molar-refractivity contribution in [2.75, 3.05) is 16.8 Å². The van der Waals surface area contributed by atoms with Crippen molar-refractivity contribution in [2.45, 2.75) is 39.5 Å². The quantitative estimate of drug-likeness (QED) is 0.842. The lowest BCUT2D eigenvalue weighted by Gasteiger charge is -2.23. The van der Waals surface area contributed by atoms with E-state index in [4.69, 9.17) is 0 Å². The van der Waals surface area contributed by atoms with Crippen molar-refractivity contribution >= 4 is 23.2 Å². The van der Waals surface area contributed by atoms with Crippen molar-refractivity contribution in [2.24, 2.45) is 11.8 Å². The first kappa shape index (κ1) is 19.2. The third-order valence-corrected chi connectivity index (χ3v) is 5.09. The van der Waals surface area contributed by atoms with Crippen molar-refractivity contribution in [3.8, 4) is 0 Å². The fraction of sp³-hybridized carbons (Fsp3) is 0.391. The van der Waals surface area contributed by atoms with E-state index in [0.29, 0.717) is 13.0 Å². The number of benzene rings is 2. The molecule has 1 N–H and O–H groups in total. The second kappa shape index (κ2) is 7.55. The van der Waals surface area contributed by atoms with Gasteiger partial charge in [-0.1, -0.05) is 57.2 Å². The molecule has 2 amide bonds. The lowest BCUT2D eigenvalue weighted by Crippen LogP contribution is -2.33. The molecular weight excluding hydrogens is 336 g/mol. The zero-order valence-electron chi connectivity index (χ0n) is 16.5. The molecule has 0 heterocycles. The van der Waals surface area contributed by atoms with Crippen LogP contribution in [0.15, 0.2) is 54.6 Å². The molecule has 142 valence electrons. The van der Waals surface area contributed by atoms with Crippen LogP contribution in [0.4, 0.5) is 11.4 Å². The Kier molecular flexibility index (Phi) is 5.36. The van der Waals surface area contributed by atoms with Crippen molar-refractivity contribution in [3.05, 3.63) is 60.2 Å². The zero-order chi connectivity index (χ0) is 19.6. The zero-order valence-corrected chi connectivity index (χ0v) is 16.5.